The summed E-state index contributed by atoms with van der Waals surface area (Å²) >= 11 is 9.63. The highest BCUT2D eigenvalue weighted by molar-refractivity contribution is 9.10. The van der Waals surface area contributed by atoms with Crippen molar-refractivity contribution in [2.45, 2.75) is 13.8 Å². The fourth-order valence-corrected chi connectivity index (χ4v) is 3.25. The summed E-state index contributed by atoms with van der Waals surface area (Å²) in [4.78, 5) is 15.1. The van der Waals surface area contributed by atoms with Crippen LogP contribution < -0.4 is 10.2 Å². The molecule has 3 aromatic rings. The number of aryl methyl sites for hydroxylation is 1. The maximum Gasteiger partial charge on any atom is 0.277 e. The number of para-hydroxylation sites is 1. The Hall–Kier alpha value is -2.31. The van der Waals surface area contributed by atoms with E-state index in [-0.39, 0.29) is 12.5 Å². The number of carbonyl (C=O) groups is 1. The van der Waals surface area contributed by atoms with E-state index in [1.165, 1.54) is 0 Å². The third-order valence-corrected chi connectivity index (χ3v) is 5.51. The largest absolute Gasteiger partial charge is 0.483 e. The van der Waals surface area contributed by atoms with Gasteiger partial charge in [0.25, 0.3) is 5.91 Å². The van der Waals surface area contributed by atoms with Crippen LogP contribution in [0.1, 0.15) is 16.7 Å². The van der Waals surface area contributed by atoms with Crippen LogP contribution in [-0.2, 0) is 4.79 Å². The number of aromatic nitrogens is 1. The number of fused-ring (bicyclic) bond motifs is 1. The van der Waals surface area contributed by atoms with Gasteiger partial charge in [0.15, 0.2) is 6.61 Å². The van der Waals surface area contributed by atoms with E-state index in [0.717, 1.165) is 32.1 Å². The Bertz CT molecular complexity index is 998. The Morgan fingerprint density at radius 1 is 1.38 bits per heavy atom. The average molecular weight is 435 g/mol. The first kappa shape index (κ1) is 18.5. The van der Waals surface area contributed by atoms with Crippen molar-refractivity contribution in [3.63, 3.8) is 0 Å². The molecule has 1 heterocycles. The van der Waals surface area contributed by atoms with Crippen LogP contribution in [0.15, 0.2) is 46.1 Å². The fraction of sp³-hybridized carbons (Fsp3) is 0.158. The highest BCUT2D eigenvalue weighted by Crippen LogP contribution is 2.35. The number of hydrazone groups is 1. The molecule has 1 aromatic heterocycles. The Morgan fingerprint density at radius 2 is 2.15 bits per heavy atom. The molecule has 7 heteroatoms. The van der Waals surface area contributed by atoms with E-state index < -0.39 is 0 Å². The van der Waals surface area contributed by atoms with Crippen LogP contribution in [0.4, 0.5) is 0 Å². The van der Waals surface area contributed by atoms with Gasteiger partial charge >= 0.3 is 0 Å². The van der Waals surface area contributed by atoms with Gasteiger partial charge in [-0.15, -0.1) is 0 Å². The van der Waals surface area contributed by atoms with E-state index >= 15 is 0 Å². The van der Waals surface area contributed by atoms with E-state index in [4.69, 9.17) is 16.3 Å². The SMILES string of the molecule is Cc1cc(OCC(=O)N/N=C/c2c[nH]c3ccccc23)c(Br)c(C)c1Cl. The number of hydrogen-bond donors (Lipinski definition) is 2. The number of aromatic amines is 1. The maximum atomic E-state index is 12.0. The van der Waals surface area contributed by atoms with Gasteiger partial charge in [-0.05, 0) is 53.0 Å². The van der Waals surface area contributed by atoms with Gasteiger partial charge in [0.05, 0.1) is 10.7 Å². The number of benzene rings is 2. The molecule has 0 radical (unpaired) electrons. The average Bonchev–Trinajstić information content (AvgIpc) is 3.05. The first-order valence-electron chi connectivity index (χ1n) is 7.93. The van der Waals surface area contributed by atoms with E-state index in [2.05, 4.69) is 31.4 Å². The van der Waals surface area contributed by atoms with Gasteiger partial charge in [0.1, 0.15) is 5.75 Å². The molecule has 2 aromatic carbocycles. The molecule has 0 saturated heterocycles. The number of amides is 1. The zero-order valence-electron chi connectivity index (χ0n) is 14.3. The van der Waals surface area contributed by atoms with Gasteiger partial charge in [-0.2, -0.15) is 5.10 Å². The van der Waals surface area contributed by atoms with E-state index in [9.17, 15) is 4.79 Å². The Kier molecular flexibility index (Phi) is 5.64. The molecule has 0 spiro atoms. The predicted molar refractivity (Wildman–Crippen MR) is 108 cm³/mol. The molecule has 0 aliphatic heterocycles. The molecule has 2 N–H and O–H groups in total. The first-order chi connectivity index (χ1) is 12.5. The summed E-state index contributed by atoms with van der Waals surface area (Å²) in [5.41, 5.74) is 6.14. The molecule has 1 amide bonds. The summed E-state index contributed by atoms with van der Waals surface area (Å²) in [6.07, 6.45) is 3.44. The molecule has 0 aliphatic carbocycles. The predicted octanol–water partition coefficient (Wildman–Crippen LogP) is 4.73. The van der Waals surface area contributed by atoms with Crippen LogP contribution >= 0.6 is 27.5 Å². The lowest BCUT2D eigenvalue weighted by atomic mass is 10.1. The standard InChI is InChI=1S/C19H17BrClN3O2/c1-11-7-16(18(20)12(2)19(11)21)26-10-17(25)24-23-9-13-8-22-15-6-4-3-5-14(13)15/h3-9,22H,10H2,1-2H3,(H,24,25)/b23-9+. The van der Waals surface area contributed by atoms with Crippen LogP contribution in [0.3, 0.4) is 0 Å². The highest BCUT2D eigenvalue weighted by atomic mass is 79.9. The smallest absolute Gasteiger partial charge is 0.277 e. The summed E-state index contributed by atoms with van der Waals surface area (Å²) in [7, 11) is 0. The zero-order chi connectivity index (χ0) is 18.7. The molecule has 5 nitrogen and oxygen atoms in total. The van der Waals surface area contributed by atoms with Crippen molar-refractivity contribution in [1.82, 2.24) is 10.4 Å². The molecule has 0 unspecified atom stereocenters. The van der Waals surface area contributed by atoms with Crippen LogP contribution in [0, 0.1) is 13.8 Å². The van der Waals surface area contributed by atoms with Crippen molar-refractivity contribution in [3.05, 3.63) is 62.7 Å². The molecular weight excluding hydrogens is 418 g/mol. The van der Waals surface area contributed by atoms with Gasteiger partial charge in [0, 0.05) is 27.7 Å². The van der Waals surface area contributed by atoms with E-state index in [1.54, 1.807) is 12.3 Å². The van der Waals surface area contributed by atoms with Gasteiger partial charge in [-0.1, -0.05) is 29.8 Å². The third-order valence-electron chi connectivity index (χ3n) is 3.94. The summed E-state index contributed by atoms with van der Waals surface area (Å²) in [6.45, 7) is 3.63. The van der Waals surface area contributed by atoms with Crippen LogP contribution in [0.25, 0.3) is 10.9 Å². The minimum atomic E-state index is -0.349. The summed E-state index contributed by atoms with van der Waals surface area (Å²) < 4.78 is 6.31. The zero-order valence-corrected chi connectivity index (χ0v) is 16.6. The molecule has 0 fully saturated rings. The lowest BCUT2D eigenvalue weighted by Gasteiger charge is -2.12. The topological polar surface area (TPSA) is 66.5 Å². The normalized spacial score (nSPS) is 11.2. The maximum absolute atomic E-state index is 12.0. The van der Waals surface area contributed by atoms with Crippen LogP contribution in [0.2, 0.25) is 5.02 Å². The third kappa shape index (κ3) is 3.92. The fourth-order valence-electron chi connectivity index (χ4n) is 2.56. The lowest BCUT2D eigenvalue weighted by Crippen LogP contribution is -2.24. The number of nitrogens with zero attached hydrogens (tertiary/aromatic N) is 1. The molecule has 0 aliphatic rings. The molecule has 0 saturated carbocycles. The van der Waals surface area contributed by atoms with Crippen LogP contribution in [-0.4, -0.2) is 23.7 Å². The molecule has 134 valence electrons. The number of carbonyl (C=O) groups excluding carboxylic acids is 1. The minimum Gasteiger partial charge on any atom is -0.483 e. The van der Waals surface area contributed by atoms with Crippen molar-refractivity contribution in [2.75, 3.05) is 6.61 Å². The Labute approximate surface area is 164 Å². The van der Waals surface area contributed by atoms with Gasteiger partial charge in [-0.25, -0.2) is 5.43 Å². The number of hydrogen-bond acceptors (Lipinski definition) is 3. The number of nitrogens with one attached hydrogen (secondary N) is 2. The molecule has 0 atom stereocenters. The van der Waals surface area contributed by atoms with Crippen molar-refractivity contribution >= 4 is 50.6 Å². The molecule has 0 bridgehead atoms. The number of ether oxygens (including phenoxy) is 1. The quantitative estimate of drug-likeness (QED) is 0.450. The van der Waals surface area contributed by atoms with E-state index in [0.29, 0.717) is 10.8 Å². The summed E-state index contributed by atoms with van der Waals surface area (Å²) in [5.74, 6) is 0.221. The molecular formula is C19H17BrClN3O2. The van der Waals surface area contributed by atoms with Crippen molar-refractivity contribution in [1.29, 1.82) is 0 Å². The second kappa shape index (κ2) is 7.93. The second-order valence-corrected chi connectivity index (χ2v) is 6.99. The highest BCUT2D eigenvalue weighted by Gasteiger charge is 2.12. The Morgan fingerprint density at radius 3 is 2.96 bits per heavy atom. The monoisotopic (exact) mass is 433 g/mol. The minimum absolute atomic E-state index is 0.148. The number of H-pyrrole nitrogens is 1. The number of halogens is 2. The molecule has 26 heavy (non-hydrogen) atoms. The second-order valence-electron chi connectivity index (χ2n) is 5.82. The lowest BCUT2D eigenvalue weighted by molar-refractivity contribution is -0.123. The van der Waals surface area contributed by atoms with Crippen molar-refractivity contribution in [2.24, 2.45) is 5.10 Å². The Balaban J connectivity index is 1.60. The summed E-state index contributed by atoms with van der Waals surface area (Å²) in [6, 6.07) is 9.67. The first-order valence-corrected chi connectivity index (χ1v) is 9.10. The van der Waals surface area contributed by atoms with Gasteiger partial charge in [0.2, 0.25) is 0 Å². The molecule has 3 rings (SSSR count). The van der Waals surface area contributed by atoms with Crippen molar-refractivity contribution < 1.29 is 9.53 Å². The van der Waals surface area contributed by atoms with Crippen molar-refractivity contribution in [3.8, 4) is 5.75 Å². The van der Waals surface area contributed by atoms with Gasteiger partial charge < -0.3 is 9.72 Å². The van der Waals surface area contributed by atoms with E-state index in [1.807, 2.05) is 44.3 Å². The summed E-state index contributed by atoms with van der Waals surface area (Å²) in [5, 5.41) is 5.71. The van der Waals surface area contributed by atoms with Crippen LogP contribution in [0.5, 0.6) is 5.75 Å². The number of rotatable bonds is 5. The van der Waals surface area contributed by atoms with Gasteiger partial charge in [-0.3, -0.25) is 4.79 Å².